The lowest BCUT2D eigenvalue weighted by atomic mass is 10.1. The lowest BCUT2D eigenvalue weighted by Gasteiger charge is -2.12. The number of halogens is 1. The van der Waals surface area contributed by atoms with Gasteiger partial charge in [0.05, 0.1) is 25.0 Å². The normalized spacial score (nSPS) is 10.5. The second-order valence-electron chi connectivity index (χ2n) is 7.77. The summed E-state index contributed by atoms with van der Waals surface area (Å²) in [6.07, 6.45) is 1.44. The number of anilines is 1. The number of hydrogen-bond donors (Lipinski definition) is 2. The highest BCUT2D eigenvalue weighted by Gasteiger charge is 2.09. The molecule has 36 heavy (non-hydrogen) atoms. The van der Waals surface area contributed by atoms with Crippen molar-refractivity contribution in [2.24, 2.45) is 5.10 Å². The molecular formula is C27H25ClN4O4. The molecule has 2 amide bonds. The van der Waals surface area contributed by atoms with E-state index in [4.69, 9.17) is 21.1 Å². The van der Waals surface area contributed by atoms with Crippen LogP contribution in [0.5, 0.6) is 11.5 Å². The molecule has 0 heterocycles. The molecule has 0 saturated carbocycles. The number of amides is 2. The Morgan fingerprint density at radius 1 is 1.06 bits per heavy atom. The van der Waals surface area contributed by atoms with Gasteiger partial charge >= 0.3 is 0 Å². The Kier molecular flexibility index (Phi) is 9.43. The smallest absolute Gasteiger partial charge is 0.240 e. The fraction of sp³-hybridized carbons (Fsp3) is 0.185. The van der Waals surface area contributed by atoms with E-state index in [0.29, 0.717) is 33.3 Å². The molecule has 0 bridgehead atoms. The molecule has 3 rings (SSSR count). The molecule has 0 saturated heterocycles. The maximum absolute atomic E-state index is 12.1. The number of nitrogens with zero attached hydrogens (tertiary/aromatic N) is 2. The first-order valence-corrected chi connectivity index (χ1v) is 11.4. The number of rotatable bonds is 10. The van der Waals surface area contributed by atoms with Crippen LogP contribution in [-0.4, -0.2) is 25.1 Å². The molecule has 184 valence electrons. The number of hydrogen-bond acceptors (Lipinski definition) is 6. The molecule has 3 aromatic rings. The molecule has 0 radical (unpaired) electrons. The van der Waals surface area contributed by atoms with E-state index in [9.17, 15) is 14.9 Å². The summed E-state index contributed by atoms with van der Waals surface area (Å²) >= 11 is 6.06. The Balaban J connectivity index is 1.48. The number of carbonyl (C=O) groups is 2. The van der Waals surface area contributed by atoms with E-state index >= 15 is 0 Å². The van der Waals surface area contributed by atoms with Crippen LogP contribution in [0, 0.1) is 18.3 Å². The van der Waals surface area contributed by atoms with Crippen LogP contribution in [0.1, 0.15) is 35.1 Å². The third kappa shape index (κ3) is 7.58. The summed E-state index contributed by atoms with van der Waals surface area (Å²) in [5, 5.41) is 16.4. The molecule has 0 aromatic heterocycles. The van der Waals surface area contributed by atoms with Crippen LogP contribution in [0.15, 0.2) is 65.8 Å². The molecule has 0 aliphatic heterocycles. The van der Waals surface area contributed by atoms with Gasteiger partial charge in [-0.1, -0.05) is 35.9 Å². The van der Waals surface area contributed by atoms with Crippen LogP contribution in [0.2, 0.25) is 5.02 Å². The predicted molar refractivity (Wildman–Crippen MR) is 138 cm³/mol. The van der Waals surface area contributed by atoms with Gasteiger partial charge in [0, 0.05) is 29.1 Å². The largest absolute Gasteiger partial charge is 0.493 e. The monoisotopic (exact) mass is 504 g/mol. The Hall–Kier alpha value is -4.35. The minimum absolute atomic E-state index is 0.00162. The number of aryl methyl sites for hydroxylation is 1. The Morgan fingerprint density at radius 2 is 1.83 bits per heavy atom. The zero-order chi connectivity index (χ0) is 25.9. The minimum Gasteiger partial charge on any atom is -0.493 e. The van der Waals surface area contributed by atoms with Crippen LogP contribution in [0.3, 0.4) is 0 Å². The summed E-state index contributed by atoms with van der Waals surface area (Å²) < 4.78 is 11.2. The van der Waals surface area contributed by atoms with Gasteiger partial charge in [0.1, 0.15) is 6.61 Å². The lowest BCUT2D eigenvalue weighted by molar-refractivity contribution is -0.124. The van der Waals surface area contributed by atoms with Crippen molar-refractivity contribution in [3.8, 4) is 17.6 Å². The average Bonchev–Trinajstić information content (AvgIpc) is 2.88. The zero-order valence-corrected chi connectivity index (χ0v) is 20.6. The molecule has 2 N–H and O–H groups in total. The van der Waals surface area contributed by atoms with Crippen LogP contribution in [0.25, 0.3) is 0 Å². The second-order valence-corrected chi connectivity index (χ2v) is 8.18. The van der Waals surface area contributed by atoms with Crippen molar-refractivity contribution in [3.63, 3.8) is 0 Å². The summed E-state index contributed by atoms with van der Waals surface area (Å²) in [6, 6.07) is 19.7. The van der Waals surface area contributed by atoms with Crippen molar-refractivity contribution in [3.05, 3.63) is 87.9 Å². The molecule has 3 aromatic carbocycles. The molecule has 0 unspecified atom stereocenters. The number of nitrogens with one attached hydrogen (secondary N) is 2. The number of hydrazone groups is 1. The molecule has 0 fully saturated rings. The highest BCUT2D eigenvalue weighted by molar-refractivity contribution is 6.31. The summed E-state index contributed by atoms with van der Waals surface area (Å²) in [5.74, 6) is 0.290. The maximum atomic E-state index is 12.1. The van der Waals surface area contributed by atoms with Crippen LogP contribution >= 0.6 is 11.6 Å². The highest BCUT2D eigenvalue weighted by atomic mass is 35.5. The van der Waals surface area contributed by atoms with Crippen LogP contribution in [-0.2, 0) is 16.2 Å². The SMILES string of the molecule is COc1cc(C=NNC(=O)CCC(=O)Nc2ccc(C)c(Cl)c2)ccc1OCc1ccccc1C#N. The van der Waals surface area contributed by atoms with E-state index in [0.717, 1.165) is 11.1 Å². The average molecular weight is 505 g/mol. The zero-order valence-electron chi connectivity index (χ0n) is 19.9. The van der Waals surface area contributed by atoms with Crippen molar-refractivity contribution in [2.75, 3.05) is 12.4 Å². The van der Waals surface area contributed by atoms with Crippen molar-refractivity contribution in [1.29, 1.82) is 5.26 Å². The van der Waals surface area contributed by atoms with Gasteiger partial charge in [-0.2, -0.15) is 10.4 Å². The lowest BCUT2D eigenvalue weighted by Crippen LogP contribution is -2.20. The van der Waals surface area contributed by atoms with E-state index in [-0.39, 0.29) is 25.4 Å². The van der Waals surface area contributed by atoms with Gasteiger partial charge in [0.15, 0.2) is 11.5 Å². The van der Waals surface area contributed by atoms with Crippen LogP contribution < -0.4 is 20.2 Å². The Morgan fingerprint density at radius 3 is 2.58 bits per heavy atom. The summed E-state index contributed by atoms with van der Waals surface area (Å²) in [7, 11) is 1.52. The van der Waals surface area contributed by atoms with Crippen molar-refractivity contribution >= 4 is 35.3 Å². The highest BCUT2D eigenvalue weighted by Crippen LogP contribution is 2.28. The third-order valence-corrected chi connectivity index (χ3v) is 5.55. The summed E-state index contributed by atoms with van der Waals surface area (Å²) in [6.45, 7) is 2.09. The van der Waals surface area contributed by atoms with Crippen LogP contribution in [0.4, 0.5) is 5.69 Å². The van der Waals surface area contributed by atoms with Gasteiger partial charge in [-0.15, -0.1) is 0 Å². The molecular weight excluding hydrogens is 480 g/mol. The Labute approximate surface area is 214 Å². The molecule has 8 nitrogen and oxygen atoms in total. The second kappa shape index (κ2) is 12.9. The van der Waals surface area contributed by atoms with Gasteiger partial charge in [-0.05, 0) is 54.4 Å². The predicted octanol–water partition coefficient (Wildman–Crippen LogP) is 4.98. The fourth-order valence-corrected chi connectivity index (χ4v) is 3.33. The van der Waals surface area contributed by atoms with Gasteiger partial charge in [-0.3, -0.25) is 9.59 Å². The maximum Gasteiger partial charge on any atom is 0.240 e. The van der Waals surface area contributed by atoms with Crippen molar-refractivity contribution < 1.29 is 19.1 Å². The molecule has 0 atom stereocenters. The first-order chi connectivity index (χ1) is 17.4. The molecule has 0 aliphatic rings. The number of methoxy groups -OCH3 is 1. The number of benzene rings is 3. The van der Waals surface area contributed by atoms with Gasteiger partial charge < -0.3 is 14.8 Å². The van der Waals surface area contributed by atoms with Crippen molar-refractivity contribution in [1.82, 2.24) is 5.43 Å². The Bertz CT molecular complexity index is 1320. The first kappa shape index (κ1) is 26.3. The summed E-state index contributed by atoms with van der Waals surface area (Å²) in [4.78, 5) is 24.1. The van der Waals surface area contributed by atoms with E-state index in [1.165, 1.54) is 13.3 Å². The van der Waals surface area contributed by atoms with Gasteiger partial charge in [-0.25, -0.2) is 5.43 Å². The third-order valence-electron chi connectivity index (χ3n) is 5.15. The molecule has 0 aliphatic carbocycles. The number of nitriles is 1. The fourth-order valence-electron chi connectivity index (χ4n) is 3.15. The van der Waals surface area contributed by atoms with E-state index in [2.05, 4.69) is 21.9 Å². The molecule has 0 spiro atoms. The summed E-state index contributed by atoms with van der Waals surface area (Å²) in [5.41, 5.74) is 5.88. The first-order valence-electron chi connectivity index (χ1n) is 11.1. The van der Waals surface area contributed by atoms with E-state index in [1.807, 2.05) is 19.1 Å². The number of ether oxygens (including phenoxy) is 2. The van der Waals surface area contributed by atoms with Gasteiger partial charge in [0.2, 0.25) is 11.8 Å². The molecule has 9 heteroatoms. The standard InChI is InChI=1S/C27H25ClN4O4/c1-18-7-9-22(14-23(18)28)31-26(33)11-12-27(34)32-30-16-19-8-10-24(25(13-19)35-2)36-17-21-6-4-3-5-20(21)15-29/h3-10,13-14,16H,11-12,17H2,1-2H3,(H,31,33)(H,32,34). The van der Waals surface area contributed by atoms with Gasteiger partial charge in [0.25, 0.3) is 0 Å². The van der Waals surface area contributed by atoms with Crippen molar-refractivity contribution in [2.45, 2.75) is 26.4 Å². The topological polar surface area (TPSA) is 113 Å². The quantitative estimate of drug-likeness (QED) is 0.299. The number of carbonyl (C=O) groups excluding carboxylic acids is 2. The van der Waals surface area contributed by atoms with E-state index in [1.54, 1.807) is 48.5 Å². The minimum atomic E-state index is -0.397. The van der Waals surface area contributed by atoms with E-state index < -0.39 is 5.91 Å².